The van der Waals surface area contributed by atoms with Crippen LogP contribution < -0.4 is 10.5 Å². The first-order chi connectivity index (χ1) is 9.70. The van der Waals surface area contributed by atoms with Crippen molar-refractivity contribution >= 4 is 43.2 Å². The number of rotatable bonds is 4. The smallest absolute Gasteiger partial charge is 0.242 e. The lowest BCUT2D eigenvalue weighted by atomic mass is 10.3. The molecule has 2 aromatic rings. The molecule has 0 aliphatic heterocycles. The summed E-state index contributed by atoms with van der Waals surface area (Å²) >= 11 is 9.00. The number of nitrogens with two attached hydrogens (primary N) is 1. The van der Waals surface area contributed by atoms with E-state index in [0.717, 1.165) is 5.69 Å². The second-order valence-corrected chi connectivity index (χ2v) is 7.35. The van der Waals surface area contributed by atoms with Crippen molar-refractivity contribution in [3.8, 4) is 0 Å². The molecule has 1 aromatic carbocycles. The molecule has 0 fully saturated rings. The number of nitrogen functional groups attached to an aromatic ring is 1. The molecule has 21 heavy (non-hydrogen) atoms. The van der Waals surface area contributed by atoms with Crippen LogP contribution in [0.15, 0.2) is 25.9 Å². The van der Waals surface area contributed by atoms with Gasteiger partial charge in [-0.25, -0.2) is 18.1 Å². The molecule has 0 aliphatic carbocycles. The van der Waals surface area contributed by atoms with Gasteiger partial charge in [-0.2, -0.15) is 0 Å². The predicted molar refractivity (Wildman–Crippen MR) is 83.6 cm³/mol. The molecule has 6 nitrogen and oxygen atoms in total. The number of nitrogens with one attached hydrogen (secondary N) is 1. The van der Waals surface area contributed by atoms with Crippen molar-refractivity contribution in [2.45, 2.75) is 25.3 Å². The van der Waals surface area contributed by atoms with E-state index in [9.17, 15) is 8.42 Å². The molecule has 0 amide bonds. The SMILES string of the molecule is Cc1nc(CNS(=O)(=O)c2cc(Cl)cc(N)c2Br)oc1C. The Bertz CT molecular complexity index is 770. The third kappa shape index (κ3) is 3.57. The van der Waals surface area contributed by atoms with Gasteiger partial charge in [-0.05, 0) is 41.9 Å². The number of oxazole rings is 1. The van der Waals surface area contributed by atoms with Crippen molar-refractivity contribution in [3.05, 3.63) is 39.0 Å². The minimum Gasteiger partial charge on any atom is -0.444 e. The molecule has 114 valence electrons. The van der Waals surface area contributed by atoms with Crippen molar-refractivity contribution in [2.75, 3.05) is 5.73 Å². The zero-order chi connectivity index (χ0) is 15.8. The van der Waals surface area contributed by atoms with Gasteiger partial charge in [-0.15, -0.1) is 0 Å². The highest BCUT2D eigenvalue weighted by Gasteiger charge is 2.21. The Morgan fingerprint density at radius 1 is 1.43 bits per heavy atom. The van der Waals surface area contributed by atoms with E-state index in [0.29, 0.717) is 11.7 Å². The molecule has 1 heterocycles. The van der Waals surface area contributed by atoms with Crippen LogP contribution in [0, 0.1) is 13.8 Å². The minimum absolute atomic E-state index is 0.0347. The summed E-state index contributed by atoms with van der Waals surface area (Å²) in [7, 11) is -3.80. The van der Waals surface area contributed by atoms with Crippen molar-refractivity contribution < 1.29 is 12.8 Å². The summed E-state index contributed by atoms with van der Waals surface area (Å²) in [6.45, 7) is 3.48. The molecule has 0 radical (unpaired) electrons. The van der Waals surface area contributed by atoms with Gasteiger partial charge in [0.05, 0.1) is 21.6 Å². The van der Waals surface area contributed by atoms with Crippen LogP contribution in [-0.4, -0.2) is 13.4 Å². The standard InChI is InChI=1S/C12H13BrClN3O3S/c1-6-7(2)20-11(17-6)5-16-21(18,19)10-4-8(14)3-9(15)12(10)13/h3-4,16H,5,15H2,1-2H3. The number of hydrogen-bond acceptors (Lipinski definition) is 5. The Kier molecular flexibility index (Phi) is 4.62. The number of anilines is 1. The fourth-order valence-electron chi connectivity index (χ4n) is 1.63. The fraction of sp³-hybridized carbons (Fsp3) is 0.250. The first-order valence-electron chi connectivity index (χ1n) is 5.88. The number of aryl methyl sites for hydroxylation is 2. The van der Waals surface area contributed by atoms with Crippen LogP contribution in [0.3, 0.4) is 0 Å². The zero-order valence-electron chi connectivity index (χ0n) is 11.3. The van der Waals surface area contributed by atoms with Crippen molar-refractivity contribution in [1.82, 2.24) is 9.71 Å². The Morgan fingerprint density at radius 3 is 2.67 bits per heavy atom. The van der Waals surface area contributed by atoms with Gasteiger partial charge in [-0.1, -0.05) is 11.6 Å². The molecule has 0 saturated heterocycles. The average molecular weight is 395 g/mol. The molecule has 0 unspecified atom stereocenters. The average Bonchev–Trinajstić information content (AvgIpc) is 2.71. The van der Waals surface area contributed by atoms with Crippen molar-refractivity contribution in [3.63, 3.8) is 0 Å². The molecule has 0 aliphatic rings. The largest absolute Gasteiger partial charge is 0.444 e. The maximum absolute atomic E-state index is 12.3. The van der Waals surface area contributed by atoms with Gasteiger partial charge in [0.15, 0.2) is 0 Å². The topological polar surface area (TPSA) is 98.2 Å². The second kappa shape index (κ2) is 5.96. The number of hydrogen-bond donors (Lipinski definition) is 2. The third-order valence-electron chi connectivity index (χ3n) is 2.81. The number of sulfonamides is 1. The molecule has 3 N–H and O–H groups in total. The van der Waals surface area contributed by atoms with Gasteiger partial charge in [0.1, 0.15) is 5.76 Å². The lowest BCUT2D eigenvalue weighted by Crippen LogP contribution is -2.24. The highest BCUT2D eigenvalue weighted by Crippen LogP contribution is 2.31. The quantitative estimate of drug-likeness (QED) is 0.777. The minimum atomic E-state index is -3.80. The lowest BCUT2D eigenvalue weighted by molar-refractivity contribution is 0.463. The van der Waals surface area contributed by atoms with Gasteiger partial charge >= 0.3 is 0 Å². The molecule has 0 spiro atoms. The normalized spacial score (nSPS) is 11.8. The molecule has 0 bridgehead atoms. The number of halogens is 2. The van der Waals surface area contributed by atoms with Gasteiger partial charge < -0.3 is 10.2 Å². The molecular weight excluding hydrogens is 382 g/mol. The van der Waals surface area contributed by atoms with Gasteiger partial charge in [0, 0.05) is 10.7 Å². The van der Waals surface area contributed by atoms with Crippen LogP contribution in [-0.2, 0) is 16.6 Å². The Labute approximate surface area is 135 Å². The maximum Gasteiger partial charge on any atom is 0.242 e. The molecule has 0 atom stereocenters. The van der Waals surface area contributed by atoms with E-state index in [1.807, 2.05) is 0 Å². The Balaban J connectivity index is 2.27. The van der Waals surface area contributed by atoms with E-state index in [2.05, 4.69) is 25.6 Å². The van der Waals surface area contributed by atoms with Crippen LogP contribution >= 0.6 is 27.5 Å². The summed E-state index contributed by atoms with van der Waals surface area (Å²) in [4.78, 5) is 4.07. The number of benzene rings is 1. The Hall–Kier alpha value is -1.09. The monoisotopic (exact) mass is 393 g/mol. The first kappa shape index (κ1) is 16.3. The summed E-state index contributed by atoms with van der Waals surface area (Å²) in [5, 5.41) is 0.235. The summed E-state index contributed by atoms with van der Waals surface area (Å²) in [5.74, 6) is 0.942. The third-order valence-corrected chi connectivity index (χ3v) is 5.60. The van der Waals surface area contributed by atoms with Gasteiger partial charge in [0.2, 0.25) is 15.9 Å². The van der Waals surface area contributed by atoms with E-state index < -0.39 is 10.0 Å². The van der Waals surface area contributed by atoms with E-state index in [1.165, 1.54) is 12.1 Å². The molecular formula is C12H13BrClN3O3S. The van der Waals surface area contributed by atoms with Crippen LogP contribution in [0.1, 0.15) is 17.3 Å². The lowest BCUT2D eigenvalue weighted by Gasteiger charge is -2.09. The highest BCUT2D eigenvalue weighted by atomic mass is 79.9. The van der Waals surface area contributed by atoms with Gasteiger partial charge in [0.25, 0.3) is 0 Å². The zero-order valence-corrected chi connectivity index (χ0v) is 14.4. The summed E-state index contributed by atoms with van der Waals surface area (Å²) in [6, 6.07) is 2.78. The fourth-order valence-corrected chi connectivity index (χ4v) is 3.89. The molecule has 0 saturated carbocycles. The van der Waals surface area contributed by atoms with Crippen LogP contribution in [0.25, 0.3) is 0 Å². The predicted octanol–water partition coefficient (Wildman–Crippen LogP) is 2.77. The molecule has 9 heteroatoms. The number of aromatic nitrogens is 1. The van der Waals surface area contributed by atoms with E-state index in [-0.39, 0.29) is 26.6 Å². The highest BCUT2D eigenvalue weighted by molar-refractivity contribution is 9.10. The Morgan fingerprint density at radius 2 is 2.10 bits per heavy atom. The molecule has 2 rings (SSSR count). The van der Waals surface area contributed by atoms with E-state index in [4.69, 9.17) is 21.8 Å². The summed E-state index contributed by atoms with van der Waals surface area (Å²) < 4.78 is 32.6. The van der Waals surface area contributed by atoms with Crippen molar-refractivity contribution in [1.29, 1.82) is 0 Å². The van der Waals surface area contributed by atoms with Gasteiger partial charge in [-0.3, -0.25) is 0 Å². The summed E-state index contributed by atoms with van der Waals surface area (Å²) in [6.07, 6.45) is 0. The van der Waals surface area contributed by atoms with Crippen molar-refractivity contribution in [2.24, 2.45) is 0 Å². The second-order valence-electron chi connectivity index (χ2n) is 4.38. The van der Waals surface area contributed by atoms with Crippen LogP contribution in [0.4, 0.5) is 5.69 Å². The van der Waals surface area contributed by atoms with E-state index in [1.54, 1.807) is 13.8 Å². The molecule has 1 aromatic heterocycles. The van der Waals surface area contributed by atoms with Crippen LogP contribution in [0.5, 0.6) is 0 Å². The first-order valence-corrected chi connectivity index (χ1v) is 8.53. The van der Waals surface area contributed by atoms with E-state index >= 15 is 0 Å². The number of nitrogens with zero attached hydrogens (tertiary/aromatic N) is 1. The van der Waals surface area contributed by atoms with Crippen LogP contribution in [0.2, 0.25) is 5.02 Å². The summed E-state index contributed by atoms with van der Waals surface area (Å²) in [5.41, 5.74) is 6.66. The maximum atomic E-state index is 12.3.